The Morgan fingerprint density at radius 3 is 2.53 bits per heavy atom. The number of aliphatic hydroxyl groups excluding tert-OH is 1. The van der Waals surface area contributed by atoms with Crippen molar-refractivity contribution in [3.8, 4) is 0 Å². The van der Waals surface area contributed by atoms with E-state index < -0.39 is 41.3 Å². The maximum absolute atomic E-state index is 12.7. The quantitative estimate of drug-likeness (QED) is 0.304. The van der Waals surface area contributed by atoms with Crippen molar-refractivity contribution in [2.24, 2.45) is 5.92 Å². The SMILES string of the molecule is CC(C)[C@H](C(=O)NO)N1C(O)N[C@@]2(CC2OCc2ccc(C(F)(F)F)cc2)C12CO2. The highest BCUT2D eigenvalue weighted by Gasteiger charge is 2.82. The Labute approximate surface area is 170 Å². The van der Waals surface area contributed by atoms with Crippen molar-refractivity contribution >= 4 is 5.91 Å². The number of alkyl halides is 3. The third-order valence-corrected chi connectivity index (χ3v) is 6.12. The molecule has 30 heavy (non-hydrogen) atoms. The summed E-state index contributed by atoms with van der Waals surface area (Å²) < 4.78 is 49.7. The van der Waals surface area contributed by atoms with Crippen molar-refractivity contribution in [2.75, 3.05) is 6.61 Å². The van der Waals surface area contributed by atoms with Crippen LogP contribution in [0.4, 0.5) is 13.2 Å². The molecule has 1 aromatic carbocycles. The maximum atomic E-state index is 12.7. The molecule has 2 heterocycles. The van der Waals surface area contributed by atoms with Crippen LogP contribution in [0.15, 0.2) is 24.3 Å². The lowest BCUT2D eigenvalue weighted by Gasteiger charge is -2.34. The first-order valence-electron chi connectivity index (χ1n) is 9.65. The number of aliphatic hydroxyl groups is 1. The number of carbonyl (C=O) groups is 1. The number of hydroxylamine groups is 1. The molecule has 1 saturated carbocycles. The molecular formula is C19H24F3N3O5. The summed E-state index contributed by atoms with van der Waals surface area (Å²) in [4.78, 5) is 13.7. The van der Waals surface area contributed by atoms with E-state index in [-0.39, 0.29) is 25.2 Å². The number of nitrogens with zero attached hydrogens (tertiary/aromatic N) is 1. The topological polar surface area (TPSA) is 107 Å². The second kappa shape index (κ2) is 7.14. The average Bonchev–Trinajstić information content (AvgIpc) is 3.57. The second-order valence-electron chi connectivity index (χ2n) is 8.33. The van der Waals surface area contributed by atoms with Crippen LogP contribution >= 0.6 is 0 Å². The Morgan fingerprint density at radius 2 is 2.03 bits per heavy atom. The molecule has 5 atom stereocenters. The van der Waals surface area contributed by atoms with E-state index in [9.17, 15) is 23.1 Å². The predicted molar refractivity (Wildman–Crippen MR) is 95.6 cm³/mol. The zero-order chi connectivity index (χ0) is 21.9. The van der Waals surface area contributed by atoms with Gasteiger partial charge in [-0.25, -0.2) is 10.4 Å². The number of hydrogen-bond acceptors (Lipinski definition) is 7. The highest BCUT2D eigenvalue weighted by Crippen LogP contribution is 2.61. The van der Waals surface area contributed by atoms with Crippen molar-refractivity contribution in [3.05, 3.63) is 35.4 Å². The number of epoxide rings is 1. The molecule has 1 aromatic rings. The van der Waals surface area contributed by atoms with Gasteiger partial charge in [0.1, 0.15) is 0 Å². The second-order valence-corrected chi connectivity index (χ2v) is 8.33. The molecule has 4 rings (SSSR count). The van der Waals surface area contributed by atoms with E-state index in [0.717, 1.165) is 12.1 Å². The minimum absolute atomic E-state index is 0.100. The Morgan fingerprint density at radius 1 is 1.40 bits per heavy atom. The van der Waals surface area contributed by atoms with Gasteiger partial charge in [0.05, 0.1) is 36.5 Å². The lowest BCUT2D eigenvalue weighted by molar-refractivity contribution is -0.147. The molecule has 0 aromatic heterocycles. The number of nitrogens with one attached hydrogen (secondary N) is 2. The summed E-state index contributed by atoms with van der Waals surface area (Å²) in [6.45, 7) is 3.96. The van der Waals surface area contributed by atoms with Crippen LogP contribution < -0.4 is 10.8 Å². The Bertz CT molecular complexity index is 815. The number of hydrogen-bond donors (Lipinski definition) is 4. The first-order valence-corrected chi connectivity index (χ1v) is 9.65. The number of halogens is 3. The van der Waals surface area contributed by atoms with Crippen LogP contribution in [0.2, 0.25) is 0 Å². The number of carbonyl (C=O) groups excluding carboxylic acids is 1. The molecule has 2 saturated heterocycles. The summed E-state index contributed by atoms with van der Waals surface area (Å²) in [7, 11) is 0. The molecule has 8 nitrogen and oxygen atoms in total. The first-order chi connectivity index (χ1) is 14.1. The maximum Gasteiger partial charge on any atom is 0.416 e. The molecule has 2 spiro atoms. The summed E-state index contributed by atoms with van der Waals surface area (Å²) in [6.07, 6.45) is -5.42. The van der Waals surface area contributed by atoms with E-state index in [1.54, 1.807) is 19.3 Å². The van der Waals surface area contributed by atoms with Crippen LogP contribution in [0, 0.1) is 5.92 Å². The zero-order valence-corrected chi connectivity index (χ0v) is 16.4. The molecule has 3 aliphatic rings. The highest BCUT2D eigenvalue weighted by molar-refractivity contribution is 5.81. The van der Waals surface area contributed by atoms with E-state index in [1.165, 1.54) is 17.0 Å². The summed E-state index contributed by atoms with van der Waals surface area (Å²) in [5.74, 6) is -0.879. The molecule has 0 bridgehead atoms. The number of ether oxygens (including phenoxy) is 2. The average molecular weight is 431 g/mol. The highest BCUT2D eigenvalue weighted by atomic mass is 19.4. The van der Waals surface area contributed by atoms with Crippen molar-refractivity contribution in [2.45, 2.75) is 62.8 Å². The lowest BCUT2D eigenvalue weighted by Crippen LogP contribution is -2.57. The minimum atomic E-state index is -4.39. The molecule has 166 valence electrons. The van der Waals surface area contributed by atoms with Gasteiger partial charge in [-0.1, -0.05) is 26.0 Å². The number of amides is 1. The van der Waals surface area contributed by atoms with Gasteiger partial charge in [-0.3, -0.25) is 15.3 Å². The van der Waals surface area contributed by atoms with Crippen molar-refractivity contribution < 1.29 is 37.8 Å². The number of benzene rings is 1. The van der Waals surface area contributed by atoms with Crippen LogP contribution in [-0.4, -0.2) is 57.5 Å². The monoisotopic (exact) mass is 431 g/mol. The van der Waals surface area contributed by atoms with Gasteiger partial charge >= 0.3 is 6.18 Å². The first kappa shape index (κ1) is 21.5. The fourth-order valence-electron chi connectivity index (χ4n) is 4.49. The van der Waals surface area contributed by atoms with Crippen LogP contribution in [0.5, 0.6) is 0 Å². The fourth-order valence-corrected chi connectivity index (χ4v) is 4.49. The zero-order valence-electron chi connectivity index (χ0n) is 16.4. The molecule has 1 aliphatic carbocycles. The van der Waals surface area contributed by atoms with E-state index >= 15 is 0 Å². The lowest BCUT2D eigenvalue weighted by atomic mass is 9.98. The third kappa shape index (κ3) is 3.29. The molecule has 0 radical (unpaired) electrons. The molecule has 1 amide bonds. The molecule has 3 unspecified atom stereocenters. The molecule has 4 N–H and O–H groups in total. The Hall–Kier alpha value is -1.76. The van der Waals surface area contributed by atoms with E-state index in [2.05, 4.69) is 5.32 Å². The standard InChI is InChI=1S/C19H24F3N3O5/c1-10(2)14(15(26)24-28)25-16(27)23-17(18(25)9-30-18)7-13(17)29-8-11-3-5-12(6-4-11)19(20,21)22/h3-6,10,13-14,16,23,27-28H,7-9H2,1-2H3,(H,24,26)/t13?,14-,16?,17-,18?/m1/s1. The predicted octanol–water partition coefficient (Wildman–Crippen LogP) is 1.17. The molecule has 3 fully saturated rings. The van der Waals surface area contributed by atoms with Gasteiger partial charge in [0.2, 0.25) is 0 Å². The van der Waals surface area contributed by atoms with E-state index in [4.69, 9.17) is 14.7 Å². The van der Waals surface area contributed by atoms with Crippen LogP contribution in [-0.2, 0) is 27.1 Å². The normalized spacial score (nSPS) is 34.0. The Kier molecular flexibility index (Phi) is 5.11. The third-order valence-electron chi connectivity index (χ3n) is 6.12. The van der Waals surface area contributed by atoms with Gasteiger partial charge in [0.15, 0.2) is 12.1 Å². The van der Waals surface area contributed by atoms with Crippen molar-refractivity contribution in [1.29, 1.82) is 0 Å². The van der Waals surface area contributed by atoms with Gasteiger partial charge in [0, 0.05) is 6.42 Å². The van der Waals surface area contributed by atoms with Crippen molar-refractivity contribution in [3.63, 3.8) is 0 Å². The Balaban J connectivity index is 1.45. The van der Waals surface area contributed by atoms with Gasteiger partial charge in [0.25, 0.3) is 5.91 Å². The van der Waals surface area contributed by atoms with Gasteiger partial charge < -0.3 is 14.6 Å². The van der Waals surface area contributed by atoms with Crippen LogP contribution in [0.1, 0.15) is 31.4 Å². The summed E-state index contributed by atoms with van der Waals surface area (Å²) in [5, 5.41) is 22.8. The van der Waals surface area contributed by atoms with Gasteiger partial charge in [-0.05, 0) is 23.6 Å². The molecule has 2 aliphatic heterocycles. The van der Waals surface area contributed by atoms with E-state index in [1.807, 2.05) is 0 Å². The summed E-state index contributed by atoms with van der Waals surface area (Å²) in [5.41, 5.74) is -0.173. The smallest absolute Gasteiger partial charge is 0.371 e. The molecule has 11 heteroatoms. The fraction of sp³-hybridized carbons (Fsp3) is 0.632. The number of rotatable bonds is 6. The summed E-state index contributed by atoms with van der Waals surface area (Å²) in [6, 6.07) is 3.91. The van der Waals surface area contributed by atoms with Crippen LogP contribution in [0.3, 0.4) is 0 Å². The van der Waals surface area contributed by atoms with Gasteiger partial charge in [-0.2, -0.15) is 13.2 Å². The minimum Gasteiger partial charge on any atom is -0.371 e. The van der Waals surface area contributed by atoms with Crippen LogP contribution in [0.25, 0.3) is 0 Å². The van der Waals surface area contributed by atoms with Gasteiger partial charge in [-0.15, -0.1) is 0 Å². The largest absolute Gasteiger partial charge is 0.416 e. The molecular weight excluding hydrogens is 407 g/mol. The van der Waals surface area contributed by atoms with Crippen molar-refractivity contribution in [1.82, 2.24) is 15.7 Å². The number of fused-ring (bicyclic) bond motifs is 1. The summed E-state index contributed by atoms with van der Waals surface area (Å²) >= 11 is 0. The van der Waals surface area contributed by atoms with E-state index in [0.29, 0.717) is 12.0 Å².